The number of phenols is 1. The lowest BCUT2D eigenvalue weighted by molar-refractivity contribution is -0.138. The van der Waals surface area contributed by atoms with Gasteiger partial charge >= 0.3 is 12.4 Å². The Kier molecular flexibility index (Phi) is 5.69. The molecule has 0 spiro atoms. The van der Waals surface area contributed by atoms with Crippen LogP contribution in [0.4, 0.5) is 26.3 Å². The van der Waals surface area contributed by atoms with Crippen LogP contribution in [0.15, 0.2) is 41.5 Å². The average Bonchev–Trinajstić information content (AvgIpc) is 2.56. The van der Waals surface area contributed by atoms with Crippen molar-refractivity contribution in [2.45, 2.75) is 12.4 Å². The van der Waals surface area contributed by atoms with Gasteiger partial charge in [0.15, 0.2) is 0 Å². The number of benzene rings is 2. The molecule has 0 aliphatic rings. The Morgan fingerprint density at radius 3 is 2.19 bits per heavy atom. The van der Waals surface area contributed by atoms with Gasteiger partial charge in [-0.3, -0.25) is 4.79 Å². The zero-order valence-corrected chi connectivity index (χ0v) is 13.7. The zero-order valence-electron chi connectivity index (χ0n) is 13.0. The van der Waals surface area contributed by atoms with Crippen LogP contribution in [0.5, 0.6) is 5.75 Å². The molecule has 144 valence electrons. The minimum atomic E-state index is -4.86. The molecule has 2 N–H and O–H groups in total. The number of hydrogen-bond acceptors (Lipinski definition) is 3. The highest BCUT2D eigenvalue weighted by atomic mass is 35.5. The van der Waals surface area contributed by atoms with Crippen LogP contribution < -0.4 is 5.43 Å². The van der Waals surface area contributed by atoms with E-state index in [1.807, 2.05) is 0 Å². The van der Waals surface area contributed by atoms with Gasteiger partial charge in [-0.2, -0.15) is 31.4 Å². The predicted molar refractivity (Wildman–Crippen MR) is 84.6 cm³/mol. The number of rotatable bonds is 3. The van der Waals surface area contributed by atoms with E-state index in [2.05, 4.69) is 5.10 Å². The summed E-state index contributed by atoms with van der Waals surface area (Å²) in [6.45, 7) is 0. The van der Waals surface area contributed by atoms with E-state index in [0.717, 1.165) is 18.2 Å². The van der Waals surface area contributed by atoms with E-state index in [0.29, 0.717) is 18.3 Å². The van der Waals surface area contributed by atoms with Crippen LogP contribution in [0.1, 0.15) is 27.0 Å². The molecule has 0 unspecified atom stereocenters. The van der Waals surface area contributed by atoms with Crippen molar-refractivity contribution in [1.29, 1.82) is 0 Å². The van der Waals surface area contributed by atoms with Crippen molar-refractivity contribution >= 4 is 23.7 Å². The van der Waals surface area contributed by atoms with Gasteiger partial charge in [-0.05, 0) is 24.3 Å². The van der Waals surface area contributed by atoms with Crippen molar-refractivity contribution in [1.82, 2.24) is 5.43 Å². The third-order valence-electron chi connectivity index (χ3n) is 3.31. The molecule has 2 aromatic rings. The Bertz CT molecular complexity index is 893. The highest BCUT2D eigenvalue weighted by molar-refractivity contribution is 6.32. The Morgan fingerprint density at radius 1 is 1.00 bits per heavy atom. The lowest BCUT2D eigenvalue weighted by atomic mass is 10.1. The van der Waals surface area contributed by atoms with Crippen molar-refractivity contribution in [2.75, 3.05) is 0 Å². The first-order chi connectivity index (χ1) is 12.4. The minimum absolute atomic E-state index is 0.404. The van der Waals surface area contributed by atoms with Gasteiger partial charge in [-0.15, -0.1) is 0 Å². The topological polar surface area (TPSA) is 61.7 Å². The fourth-order valence-electron chi connectivity index (χ4n) is 2.10. The maximum absolute atomic E-state index is 13.0. The molecule has 27 heavy (non-hydrogen) atoms. The summed E-state index contributed by atoms with van der Waals surface area (Å²) >= 11 is 5.55. The van der Waals surface area contributed by atoms with Crippen molar-refractivity contribution in [3.05, 3.63) is 63.7 Å². The summed E-state index contributed by atoms with van der Waals surface area (Å²) < 4.78 is 77.6. The first-order valence-corrected chi connectivity index (χ1v) is 7.39. The van der Waals surface area contributed by atoms with Gasteiger partial charge in [0.25, 0.3) is 5.91 Å². The van der Waals surface area contributed by atoms with E-state index in [9.17, 15) is 36.2 Å². The lowest BCUT2D eigenvalue weighted by Crippen LogP contribution is -2.22. The molecule has 1 amide bonds. The van der Waals surface area contributed by atoms with E-state index in [4.69, 9.17) is 11.6 Å². The maximum Gasteiger partial charge on any atom is 0.417 e. The highest BCUT2D eigenvalue weighted by Gasteiger charge is 2.36. The molecule has 0 aliphatic heterocycles. The average molecular weight is 411 g/mol. The number of phenolic OH excluding ortho intramolecular Hbond substituents is 1. The standard InChI is InChI=1S/C16H9ClF6N2O2/c17-12-6-5-11(16(21,22)23)9(13(12)26)7-24-25-14(27)8-3-1-2-4-10(8)15(18,19)20/h1-7,26H,(H,25,27)/b24-7+. The molecule has 4 nitrogen and oxygen atoms in total. The summed E-state index contributed by atoms with van der Waals surface area (Å²) in [5.41, 5.74) is -2.45. The van der Waals surface area contributed by atoms with Gasteiger partial charge < -0.3 is 5.11 Å². The summed E-state index contributed by atoms with van der Waals surface area (Å²) in [7, 11) is 0. The predicted octanol–water partition coefficient (Wildman–Crippen LogP) is 4.85. The minimum Gasteiger partial charge on any atom is -0.506 e. The van der Waals surface area contributed by atoms with Crippen LogP contribution in [0.3, 0.4) is 0 Å². The molecule has 2 aromatic carbocycles. The first-order valence-electron chi connectivity index (χ1n) is 7.01. The van der Waals surface area contributed by atoms with Crippen LogP contribution in [0, 0.1) is 0 Å². The molecule has 0 radical (unpaired) electrons. The summed E-state index contributed by atoms with van der Waals surface area (Å²) in [6.07, 6.45) is -9.24. The maximum atomic E-state index is 13.0. The van der Waals surface area contributed by atoms with E-state index in [1.165, 1.54) is 6.07 Å². The normalized spacial score (nSPS) is 12.4. The number of carbonyl (C=O) groups excluding carboxylic acids is 1. The van der Waals surface area contributed by atoms with Crippen LogP contribution in [-0.2, 0) is 12.4 Å². The van der Waals surface area contributed by atoms with Crippen molar-refractivity contribution in [2.24, 2.45) is 5.10 Å². The molecular weight excluding hydrogens is 402 g/mol. The monoisotopic (exact) mass is 410 g/mol. The van der Waals surface area contributed by atoms with Gasteiger partial charge in [0.2, 0.25) is 0 Å². The number of amides is 1. The third kappa shape index (κ3) is 4.70. The lowest BCUT2D eigenvalue weighted by Gasteiger charge is -2.12. The number of carbonyl (C=O) groups is 1. The van der Waals surface area contributed by atoms with Crippen LogP contribution >= 0.6 is 11.6 Å². The number of nitrogens with one attached hydrogen (secondary N) is 1. The molecule has 0 heterocycles. The van der Waals surface area contributed by atoms with Crippen molar-refractivity contribution in [3.63, 3.8) is 0 Å². The Balaban J connectivity index is 2.32. The molecule has 11 heteroatoms. The van der Waals surface area contributed by atoms with E-state index >= 15 is 0 Å². The zero-order chi connectivity index (χ0) is 20.4. The molecular formula is C16H9ClF6N2O2. The fourth-order valence-corrected chi connectivity index (χ4v) is 2.27. The SMILES string of the molecule is O=C(N/N=C/c1c(C(F)(F)F)ccc(Cl)c1O)c1ccccc1C(F)(F)F. The molecule has 0 atom stereocenters. The number of alkyl halides is 6. The van der Waals surface area contributed by atoms with Crippen LogP contribution in [-0.4, -0.2) is 17.2 Å². The molecule has 0 bridgehead atoms. The molecule has 0 aliphatic carbocycles. The van der Waals surface area contributed by atoms with E-state index in [1.54, 1.807) is 5.43 Å². The molecule has 0 saturated heterocycles. The largest absolute Gasteiger partial charge is 0.506 e. The second-order valence-corrected chi connectivity index (χ2v) is 5.50. The second kappa shape index (κ2) is 7.47. The summed E-state index contributed by atoms with van der Waals surface area (Å²) in [5, 5.41) is 12.5. The van der Waals surface area contributed by atoms with Gasteiger partial charge in [0.05, 0.1) is 33.5 Å². The van der Waals surface area contributed by atoms with Crippen molar-refractivity contribution in [3.8, 4) is 5.75 Å². The van der Waals surface area contributed by atoms with Gasteiger partial charge in [-0.1, -0.05) is 23.7 Å². The van der Waals surface area contributed by atoms with Gasteiger partial charge in [0, 0.05) is 0 Å². The number of halogens is 7. The molecule has 0 saturated carbocycles. The van der Waals surface area contributed by atoms with Crippen molar-refractivity contribution < 1.29 is 36.2 Å². The Morgan fingerprint density at radius 2 is 1.59 bits per heavy atom. The summed E-state index contributed by atoms with van der Waals surface area (Å²) in [6, 6.07) is 5.20. The Labute approximate surface area is 153 Å². The number of hydrogen-bond donors (Lipinski definition) is 2. The quantitative estimate of drug-likeness (QED) is 0.432. The van der Waals surface area contributed by atoms with Crippen LogP contribution in [0.2, 0.25) is 5.02 Å². The van der Waals surface area contributed by atoms with E-state index < -0.39 is 51.3 Å². The molecule has 0 aromatic heterocycles. The third-order valence-corrected chi connectivity index (χ3v) is 3.62. The molecule has 0 fully saturated rings. The molecule has 2 rings (SSSR count). The van der Waals surface area contributed by atoms with Gasteiger partial charge in [0.1, 0.15) is 5.75 Å². The number of aromatic hydroxyl groups is 1. The smallest absolute Gasteiger partial charge is 0.417 e. The summed E-state index contributed by atoms with van der Waals surface area (Å²) in [4.78, 5) is 11.9. The first kappa shape index (κ1) is 20.6. The van der Waals surface area contributed by atoms with Crippen LogP contribution in [0.25, 0.3) is 0 Å². The summed E-state index contributed by atoms with van der Waals surface area (Å²) in [5.74, 6) is -2.24. The van der Waals surface area contributed by atoms with Gasteiger partial charge in [-0.25, -0.2) is 5.43 Å². The Hall–Kier alpha value is -2.75. The fraction of sp³-hybridized carbons (Fsp3) is 0.125. The number of nitrogens with zero attached hydrogens (tertiary/aromatic N) is 1. The number of hydrazone groups is 1. The van der Waals surface area contributed by atoms with E-state index in [-0.39, 0.29) is 0 Å². The second-order valence-electron chi connectivity index (χ2n) is 5.10. The highest BCUT2D eigenvalue weighted by Crippen LogP contribution is 2.38.